The molecule has 0 aliphatic carbocycles. The molecule has 2 aliphatic heterocycles. The minimum Gasteiger partial charge on any atom is -0.475 e. The van der Waals surface area contributed by atoms with Crippen molar-refractivity contribution in [3.8, 4) is 0 Å². The van der Waals surface area contributed by atoms with E-state index >= 15 is 0 Å². The van der Waals surface area contributed by atoms with Gasteiger partial charge in [0.15, 0.2) is 5.82 Å². The summed E-state index contributed by atoms with van der Waals surface area (Å²) in [5.41, 5.74) is 3.11. The smallest absolute Gasteiger partial charge is 0.475 e. The van der Waals surface area contributed by atoms with E-state index in [2.05, 4.69) is 26.9 Å². The van der Waals surface area contributed by atoms with Gasteiger partial charge in [-0.2, -0.15) is 18.2 Å². The van der Waals surface area contributed by atoms with Gasteiger partial charge in [0.05, 0.1) is 24.4 Å². The maximum atomic E-state index is 10.6. The lowest BCUT2D eigenvalue weighted by Crippen LogP contribution is -2.36. The maximum absolute atomic E-state index is 10.6. The van der Waals surface area contributed by atoms with E-state index in [1.165, 1.54) is 10.6 Å². The zero-order valence-corrected chi connectivity index (χ0v) is 17.4. The number of nitrogens with zero attached hydrogens (tertiary/aromatic N) is 4. The SMILES string of the molecule is Cc1noc(C[C@@H]2COC[C@H]3CN(Cc4scnc4C)C[C@@H]23)n1.O=C(O)C(F)(F)F. The van der Waals surface area contributed by atoms with Crippen LogP contribution in [0.1, 0.15) is 22.3 Å². The number of aliphatic carboxylic acids is 1. The number of hydrogen-bond donors (Lipinski definition) is 1. The molecule has 12 heteroatoms. The number of halogens is 3. The highest BCUT2D eigenvalue weighted by molar-refractivity contribution is 7.09. The van der Waals surface area contributed by atoms with Crippen LogP contribution in [0.3, 0.4) is 0 Å². The van der Waals surface area contributed by atoms with Gasteiger partial charge in [-0.1, -0.05) is 5.16 Å². The van der Waals surface area contributed by atoms with Crippen molar-refractivity contribution < 1.29 is 32.3 Å². The summed E-state index contributed by atoms with van der Waals surface area (Å²) >= 11 is 1.76. The largest absolute Gasteiger partial charge is 0.490 e. The lowest BCUT2D eigenvalue weighted by atomic mass is 9.81. The van der Waals surface area contributed by atoms with Gasteiger partial charge in [0.1, 0.15) is 0 Å². The number of alkyl halides is 3. The molecule has 0 bridgehead atoms. The molecule has 0 aromatic carbocycles. The minimum atomic E-state index is -5.08. The fourth-order valence-corrected chi connectivity index (χ4v) is 4.68. The molecule has 2 aromatic rings. The van der Waals surface area contributed by atoms with Crippen LogP contribution in [0.2, 0.25) is 0 Å². The van der Waals surface area contributed by atoms with Gasteiger partial charge in [-0.25, -0.2) is 9.78 Å². The Balaban J connectivity index is 0.000000318. The van der Waals surface area contributed by atoms with Gasteiger partial charge in [-0.05, 0) is 31.6 Å². The second kappa shape index (κ2) is 9.40. The van der Waals surface area contributed by atoms with Crippen molar-refractivity contribution in [1.29, 1.82) is 0 Å². The van der Waals surface area contributed by atoms with Crippen LogP contribution in [0.4, 0.5) is 13.2 Å². The van der Waals surface area contributed by atoms with E-state index in [9.17, 15) is 13.2 Å². The van der Waals surface area contributed by atoms with Crippen LogP contribution in [0.25, 0.3) is 0 Å². The first-order chi connectivity index (χ1) is 14.1. The first-order valence-electron chi connectivity index (χ1n) is 9.41. The van der Waals surface area contributed by atoms with Crippen LogP contribution >= 0.6 is 11.3 Å². The van der Waals surface area contributed by atoms with Gasteiger partial charge in [0, 0.05) is 30.9 Å². The number of likely N-dealkylation sites (tertiary alicyclic amines) is 1. The predicted octanol–water partition coefficient (Wildman–Crippen LogP) is 2.71. The van der Waals surface area contributed by atoms with Gasteiger partial charge in [0.25, 0.3) is 0 Å². The van der Waals surface area contributed by atoms with Crippen molar-refractivity contribution in [3.63, 3.8) is 0 Å². The van der Waals surface area contributed by atoms with E-state index in [4.69, 9.17) is 19.2 Å². The van der Waals surface area contributed by atoms with Crippen LogP contribution in [0.15, 0.2) is 10.0 Å². The van der Waals surface area contributed by atoms with Crippen molar-refractivity contribution in [2.75, 3.05) is 26.3 Å². The number of aromatic nitrogens is 3. The molecule has 2 aliphatic rings. The molecule has 4 rings (SSSR count). The highest BCUT2D eigenvalue weighted by atomic mass is 32.1. The number of ether oxygens (including phenoxy) is 1. The molecule has 2 saturated heterocycles. The normalized spacial score (nSPS) is 24.2. The summed E-state index contributed by atoms with van der Waals surface area (Å²) in [6.45, 7) is 8.89. The van der Waals surface area contributed by atoms with Gasteiger partial charge >= 0.3 is 12.1 Å². The Hall–Kier alpha value is -2.05. The molecule has 4 heterocycles. The number of hydrogen-bond acceptors (Lipinski definition) is 8. The number of fused-ring (bicyclic) bond motifs is 1. The summed E-state index contributed by atoms with van der Waals surface area (Å²) in [5.74, 6) is 0.444. The average molecular weight is 448 g/mol. The quantitative estimate of drug-likeness (QED) is 0.762. The standard InChI is InChI=1S/C16H22N4O2S.C2HF3O2/c1-10-15(23-9-17-10)6-20-4-13-8-21-7-12(14(13)5-20)3-16-18-11(2)19-22-16;3-2(4,5)1(6)7/h9,12-14H,3-8H2,1-2H3;(H,6,7)/t12-,13-,14+;/m1./s1. The third kappa shape index (κ3) is 5.76. The molecule has 2 aromatic heterocycles. The second-order valence-corrected chi connectivity index (χ2v) is 8.46. The molecule has 1 N–H and O–H groups in total. The zero-order valence-electron chi connectivity index (χ0n) is 16.6. The van der Waals surface area contributed by atoms with Crippen molar-refractivity contribution in [3.05, 3.63) is 27.8 Å². The molecular weight excluding hydrogens is 425 g/mol. The van der Waals surface area contributed by atoms with E-state index in [1.807, 2.05) is 12.4 Å². The number of carboxylic acids is 1. The molecule has 0 radical (unpaired) electrons. The summed E-state index contributed by atoms with van der Waals surface area (Å²) in [4.78, 5) is 21.5. The Morgan fingerprint density at radius 2 is 2.07 bits per heavy atom. The summed E-state index contributed by atoms with van der Waals surface area (Å²) in [7, 11) is 0. The lowest BCUT2D eigenvalue weighted by molar-refractivity contribution is -0.192. The van der Waals surface area contributed by atoms with Gasteiger partial charge in [-0.15, -0.1) is 11.3 Å². The third-order valence-electron chi connectivity index (χ3n) is 5.30. The molecular formula is C18H23F3N4O4S. The molecule has 3 atom stereocenters. The van der Waals surface area contributed by atoms with E-state index < -0.39 is 12.1 Å². The van der Waals surface area contributed by atoms with Crippen molar-refractivity contribution in [1.82, 2.24) is 20.0 Å². The zero-order chi connectivity index (χ0) is 21.9. The van der Waals surface area contributed by atoms with Crippen LogP contribution < -0.4 is 0 Å². The minimum absolute atomic E-state index is 0.473. The Morgan fingerprint density at radius 3 is 2.63 bits per heavy atom. The first-order valence-corrected chi connectivity index (χ1v) is 10.3. The Labute approximate surface area is 175 Å². The summed E-state index contributed by atoms with van der Waals surface area (Å²) in [6, 6.07) is 0. The molecule has 0 spiro atoms. The van der Waals surface area contributed by atoms with Crippen LogP contribution in [0, 0.1) is 31.6 Å². The first kappa shape index (κ1) is 22.6. The molecule has 30 heavy (non-hydrogen) atoms. The summed E-state index contributed by atoms with van der Waals surface area (Å²) in [6.07, 6.45) is -4.25. The Kier molecular flexibility index (Phi) is 7.09. The highest BCUT2D eigenvalue weighted by Crippen LogP contribution is 2.36. The fourth-order valence-electron chi connectivity index (χ4n) is 3.86. The number of aryl methyl sites for hydroxylation is 2. The average Bonchev–Trinajstić information content (AvgIpc) is 3.36. The Morgan fingerprint density at radius 1 is 1.33 bits per heavy atom. The summed E-state index contributed by atoms with van der Waals surface area (Å²) in [5, 5.41) is 11.0. The summed E-state index contributed by atoms with van der Waals surface area (Å²) < 4.78 is 42.9. The van der Waals surface area contributed by atoms with Gasteiger partial charge in [-0.3, -0.25) is 4.90 Å². The van der Waals surface area contributed by atoms with Gasteiger partial charge < -0.3 is 14.4 Å². The molecule has 0 unspecified atom stereocenters. The van der Waals surface area contributed by atoms with E-state index in [1.54, 1.807) is 11.3 Å². The van der Waals surface area contributed by atoms with Crippen molar-refractivity contribution in [2.45, 2.75) is 33.0 Å². The van der Waals surface area contributed by atoms with Crippen LogP contribution in [-0.2, 0) is 22.5 Å². The fraction of sp³-hybridized carbons (Fsp3) is 0.667. The van der Waals surface area contributed by atoms with Crippen LogP contribution in [0.5, 0.6) is 0 Å². The number of carboxylic acid groups (broad SMARTS) is 1. The van der Waals surface area contributed by atoms with Gasteiger partial charge in [0.2, 0.25) is 5.89 Å². The molecule has 2 fully saturated rings. The molecule has 8 nitrogen and oxygen atoms in total. The van der Waals surface area contributed by atoms with Crippen LogP contribution in [-0.4, -0.2) is 63.6 Å². The Bertz CT molecular complexity index is 857. The third-order valence-corrected chi connectivity index (χ3v) is 6.22. The number of rotatable bonds is 4. The maximum Gasteiger partial charge on any atom is 0.490 e. The number of carbonyl (C=O) groups is 1. The second-order valence-electron chi connectivity index (χ2n) is 7.52. The monoisotopic (exact) mass is 448 g/mol. The lowest BCUT2D eigenvalue weighted by Gasteiger charge is -2.32. The van der Waals surface area contributed by atoms with E-state index in [-0.39, 0.29) is 0 Å². The number of thiazole rings is 1. The molecule has 166 valence electrons. The van der Waals surface area contributed by atoms with Crippen molar-refractivity contribution in [2.24, 2.45) is 17.8 Å². The van der Waals surface area contributed by atoms with E-state index in [0.29, 0.717) is 23.6 Å². The highest BCUT2D eigenvalue weighted by Gasteiger charge is 2.41. The molecule has 0 amide bonds. The molecule has 0 saturated carbocycles. The van der Waals surface area contributed by atoms with Crippen molar-refractivity contribution >= 4 is 17.3 Å². The van der Waals surface area contributed by atoms with E-state index in [0.717, 1.165) is 45.2 Å². The topological polar surface area (TPSA) is 102 Å². The predicted molar refractivity (Wildman–Crippen MR) is 99.8 cm³/mol.